The van der Waals surface area contributed by atoms with Crippen molar-refractivity contribution in [2.45, 2.75) is 25.1 Å². The number of phenolic OH excluding ortho intramolecular Hbond substituents is 1. The minimum atomic E-state index is 0.359. The summed E-state index contributed by atoms with van der Waals surface area (Å²) in [6, 6.07) is 5.76. The Morgan fingerprint density at radius 1 is 1.50 bits per heavy atom. The summed E-state index contributed by atoms with van der Waals surface area (Å²) in [5.74, 6) is 1.59. The summed E-state index contributed by atoms with van der Waals surface area (Å²) in [7, 11) is 0. The number of anilines is 1. The van der Waals surface area contributed by atoms with Crippen LogP contribution in [0.3, 0.4) is 0 Å². The van der Waals surface area contributed by atoms with Crippen molar-refractivity contribution in [3.05, 3.63) is 23.8 Å². The molecule has 2 rings (SSSR count). The normalized spacial score (nSPS) is 21.1. The summed E-state index contributed by atoms with van der Waals surface area (Å²) >= 11 is 1.93. The largest absolute Gasteiger partial charge is 0.506 e. The molecule has 76 valence electrons. The summed E-state index contributed by atoms with van der Waals surface area (Å²) in [4.78, 5) is 0. The first-order chi connectivity index (χ1) is 6.75. The lowest BCUT2D eigenvalue weighted by atomic mass is 10.2. The zero-order valence-corrected chi connectivity index (χ0v) is 9.10. The number of aromatic hydroxyl groups is 1. The maximum atomic E-state index is 9.68. The van der Waals surface area contributed by atoms with Crippen LogP contribution in [-0.2, 0) is 0 Å². The second-order valence-corrected chi connectivity index (χ2v) is 4.98. The van der Waals surface area contributed by atoms with E-state index in [4.69, 9.17) is 0 Å². The quantitative estimate of drug-likeness (QED) is 0.734. The van der Waals surface area contributed by atoms with Crippen LogP contribution in [-0.4, -0.2) is 16.2 Å². The molecule has 2 N–H and O–H groups in total. The molecule has 0 saturated carbocycles. The first-order valence-corrected chi connectivity index (χ1v) is 5.98. The van der Waals surface area contributed by atoms with Gasteiger partial charge in [-0.2, -0.15) is 0 Å². The number of rotatable bonds is 2. The van der Waals surface area contributed by atoms with Gasteiger partial charge in [0.2, 0.25) is 0 Å². The monoisotopic (exact) mass is 209 g/mol. The predicted molar refractivity (Wildman–Crippen MR) is 61.9 cm³/mol. The molecule has 0 aliphatic carbocycles. The Kier molecular flexibility index (Phi) is 2.87. The fourth-order valence-electron chi connectivity index (χ4n) is 1.63. The van der Waals surface area contributed by atoms with E-state index in [0.29, 0.717) is 11.1 Å². The van der Waals surface area contributed by atoms with Gasteiger partial charge in [-0.3, -0.25) is 0 Å². The summed E-state index contributed by atoms with van der Waals surface area (Å²) in [6.07, 6.45) is 2.47. The van der Waals surface area contributed by atoms with Crippen molar-refractivity contribution in [3.8, 4) is 5.75 Å². The van der Waals surface area contributed by atoms with Crippen LogP contribution < -0.4 is 5.32 Å². The van der Waals surface area contributed by atoms with E-state index >= 15 is 0 Å². The first kappa shape index (κ1) is 9.71. The molecule has 1 aromatic carbocycles. The molecular formula is C11H15NOS. The lowest BCUT2D eigenvalue weighted by molar-refractivity contribution is 0.476. The molecule has 0 bridgehead atoms. The second kappa shape index (κ2) is 4.13. The van der Waals surface area contributed by atoms with Crippen LogP contribution in [0.5, 0.6) is 5.75 Å². The van der Waals surface area contributed by atoms with Gasteiger partial charge in [0.05, 0.1) is 11.1 Å². The van der Waals surface area contributed by atoms with Gasteiger partial charge >= 0.3 is 0 Å². The van der Waals surface area contributed by atoms with Crippen molar-refractivity contribution >= 4 is 17.4 Å². The first-order valence-electron chi connectivity index (χ1n) is 4.93. The van der Waals surface area contributed by atoms with Crippen LogP contribution in [0.2, 0.25) is 0 Å². The molecule has 0 amide bonds. The Bertz CT molecular complexity index is 321. The van der Waals surface area contributed by atoms with E-state index in [0.717, 1.165) is 11.3 Å². The number of phenols is 1. The van der Waals surface area contributed by atoms with Gasteiger partial charge in [-0.15, -0.1) is 11.8 Å². The molecule has 0 spiro atoms. The fraction of sp³-hybridized carbons (Fsp3) is 0.455. The van der Waals surface area contributed by atoms with Crippen molar-refractivity contribution in [1.82, 2.24) is 0 Å². The van der Waals surface area contributed by atoms with Gasteiger partial charge < -0.3 is 10.4 Å². The predicted octanol–water partition coefficient (Wildman–Crippen LogP) is 2.97. The summed E-state index contributed by atoms with van der Waals surface area (Å²) in [5.41, 5.74) is 1.95. The zero-order valence-electron chi connectivity index (χ0n) is 8.29. The second-order valence-electron chi connectivity index (χ2n) is 3.67. The molecule has 1 atom stereocenters. The van der Waals surface area contributed by atoms with Crippen molar-refractivity contribution in [3.63, 3.8) is 0 Å². The molecule has 0 aromatic heterocycles. The summed E-state index contributed by atoms with van der Waals surface area (Å²) in [6.45, 7) is 1.98. The van der Waals surface area contributed by atoms with E-state index in [2.05, 4.69) is 5.32 Å². The third kappa shape index (κ3) is 2.15. The third-order valence-corrected chi connectivity index (χ3v) is 3.68. The molecule has 1 aromatic rings. The number of benzene rings is 1. The van der Waals surface area contributed by atoms with Gasteiger partial charge in [0.15, 0.2) is 0 Å². The van der Waals surface area contributed by atoms with Crippen molar-refractivity contribution in [2.24, 2.45) is 0 Å². The maximum absolute atomic E-state index is 9.68. The van der Waals surface area contributed by atoms with Gasteiger partial charge in [-0.1, -0.05) is 6.07 Å². The third-order valence-electron chi connectivity index (χ3n) is 2.40. The average molecular weight is 209 g/mol. The molecule has 1 fully saturated rings. The molecule has 1 aliphatic heterocycles. The Balaban J connectivity index is 2.08. The Morgan fingerprint density at radius 3 is 3.00 bits per heavy atom. The van der Waals surface area contributed by atoms with Crippen LogP contribution in [0.15, 0.2) is 18.2 Å². The minimum Gasteiger partial charge on any atom is -0.506 e. The highest BCUT2D eigenvalue weighted by atomic mass is 32.2. The number of hydrogen-bond acceptors (Lipinski definition) is 3. The Hall–Kier alpha value is -0.830. The van der Waals surface area contributed by atoms with Crippen molar-refractivity contribution in [2.75, 3.05) is 11.1 Å². The fourth-order valence-corrected chi connectivity index (χ4v) is 2.79. The van der Waals surface area contributed by atoms with Crippen molar-refractivity contribution < 1.29 is 5.11 Å². The van der Waals surface area contributed by atoms with Gasteiger partial charge in [-0.05, 0) is 43.2 Å². The molecule has 3 heteroatoms. The van der Waals surface area contributed by atoms with Gasteiger partial charge in [-0.25, -0.2) is 0 Å². The average Bonchev–Trinajstić information content (AvgIpc) is 2.62. The van der Waals surface area contributed by atoms with E-state index in [1.165, 1.54) is 18.6 Å². The SMILES string of the molecule is Cc1ccc(NC2CCCS2)c(O)c1. The van der Waals surface area contributed by atoms with Crippen LogP contribution in [0.4, 0.5) is 5.69 Å². The van der Waals surface area contributed by atoms with Gasteiger partial charge in [0.1, 0.15) is 5.75 Å². The molecule has 1 saturated heterocycles. The maximum Gasteiger partial charge on any atom is 0.138 e. The van der Waals surface area contributed by atoms with E-state index < -0.39 is 0 Å². The Morgan fingerprint density at radius 2 is 2.36 bits per heavy atom. The van der Waals surface area contributed by atoms with Crippen LogP contribution >= 0.6 is 11.8 Å². The molecular weight excluding hydrogens is 194 g/mol. The highest BCUT2D eigenvalue weighted by Crippen LogP contribution is 2.31. The van der Waals surface area contributed by atoms with E-state index in [1.807, 2.05) is 30.8 Å². The number of nitrogens with one attached hydrogen (secondary N) is 1. The smallest absolute Gasteiger partial charge is 0.138 e. The lowest BCUT2D eigenvalue weighted by Gasteiger charge is -2.14. The standard InChI is InChI=1S/C11H15NOS/c1-8-4-5-9(10(13)7-8)12-11-3-2-6-14-11/h4-5,7,11-13H,2-3,6H2,1H3. The topological polar surface area (TPSA) is 32.3 Å². The van der Waals surface area contributed by atoms with Gasteiger partial charge in [0.25, 0.3) is 0 Å². The highest BCUT2D eigenvalue weighted by Gasteiger charge is 2.16. The molecule has 14 heavy (non-hydrogen) atoms. The van der Waals surface area contributed by atoms with E-state index in [9.17, 15) is 5.11 Å². The lowest BCUT2D eigenvalue weighted by Crippen LogP contribution is -2.10. The molecule has 2 nitrogen and oxygen atoms in total. The number of thioether (sulfide) groups is 1. The van der Waals surface area contributed by atoms with E-state index in [1.54, 1.807) is 6.07 Å². The van der Waals surface area contributed by atoms with Crippen LogP contribution in [0.1, 0.15) is 18.4 Å². The molecule has 1 heterocycles. The number of hydrogen-bond donors (Lipinski definition) is 2. The van der Waals surface area contributed by atoms with Crippen LogP contribution in [0.25, 0.3) is 0 Å². The van der Waals surface area contributed by atoms with Crippen LogP contribution in [0, 0.1) is 6.92 Å². The molecule has 1 unspecified atom stereocenters. The van der Waals surface area contributed by atoms with Gasteiger partial charge in [0, 0.05) is 0 Å². The molecule has 1 aliphatic rings. The Labute approximate surface area is 88.7 Å². The summed E-state index contributed by atoms with van der Waals surface area (Å²) < 4.78 is 0. The van der Waals surface area contributed by atoms with Crippen molar-refractivity contribution in [1.29, 1.82) is 0 Å². The summed E-state index contributed by atoms with van der Waals surface area (Å²) in [5, 5.41) is 13.5. The zero-order chi connectivity index (χ0) is 9.97. The highest BCUT2D eigenvalue weighted by molar-refractivity contribution is 8.00. The number of aryl methyl sites for hydroxylation is 1. The molecule has 0 radical (unpaired) electrons. The minimum absolute atomic E-state index is 0.359. The van der Waals surface area contributed by atoms with E-state index in [-0.39, 0.29) is 0 Å².